The van der Waals surface area contributed by atoms with Crippen LogP contribution in [-0.4, -0.2) is 51.5 Å². The number of amides is 2. The van der Waals surface area contributed by atoms with Gasteiger partial charge in [-0.25, -0.2) is 14.3 Å². The number of carbonyl (C=O) groups is 1. The Morgan fingerprint density at radius 3 is 2.76 bits per heavy atom. The molecule has 0 aromatic carbocycles. The first-order valence-electron chi connectivity index (χ1n) is 10.7. The van der Waals surface area contributed by atoms with E-state index in [0.717, 1.165) is 50.5 Å². The molecule has 0 aliphatic carbocycles. The number of hydrogen-bond acceptors (Lipinski definition) is 5. The highest BCUT2D eigenvalue weighted by atomic mass is 16.3. The summed E-state index contributed by atoms with van der Waals surface area (Å²) in [7, 11) is 0. The van der Waals surface area contributed by atoms with Gasteiger partial charge in [-0.05, 0) is 57.3 Å². The standard InChI is InChI=1S/C20H30N6O3/c27-19(22-15-16(17-7-5-14-29-17)24-10-3-4-11-24)21-9-6-13-26-20(28)25-12-2-1-8-18(25)23-26/h5,7,14,16H,1-4,6,8-13,15H2,(H2,21,22,27). The highest BCUT2D eigenvalue weighted by Gasteiger charge is 2.25. The quantitative estimate of drug-likeness (QED) is 0.652. The molecule has 4 rings (SSSR count). The van der Waals surface area contributed by atoms with Gasteiger partial charge in [0.2, 0.25) is 0 Å². The van der Waals surface area contributed by atoms with Gasteiger partial charge in [-0.15, -0.1) is 0 Å². The number of nitrogens with one attached hydrogen (secondary N) is 2. The number of urea groups is 1. The third-order valence-corrected chi connectivity index (χ3v) is 5.77. The molecule has 2 aromatic rings. The molecule has 2 aliphatic heterocycles. The van der Waals surface area contributed by atoms with Crippen LogP contribution in [0.15, 0.2) is 27.6 Å². The highest BCUT2D eigenvalue weighted by molar-refractivity contribution is 5.73. The van der Waals surface area contributed by atoms with E-state index in [9.17, 15) is 9.59 Å². The predicted molar refractivity (Wildman–Crippen MR) is 108 cm³/mol. The van der Waals surface area contributed by atoms with Crippen LogP contribution in [0.25, 0.3) is 0 Å². The van der Waals surface area contributed by atoms with Crippen molar-refractivity contribution in [3.8, 4) is 0 Å². The fourth-order valence-electron chi connectivity index (χ4n) is 4.22. The smallest absolute Gasteiger partial charge is 0.345 e. The van der Waals surface area contributed by atoms with Gasteiger partial charge in [0.25, 0.3) is 0 Å². The van der Waals surface area contributed by atoms with Gasteiger partial charge in [0.05, 0.1) is 12.3 Å². The van der Waals surface area contributed by atoms with Gasteiger partial charge < -0.3 is 15.1 Å². The Kier molecular flexibility index (Phi) is 6.33. The van der Waals surface area contributed by atoms with Crippen LogP contribution in [0.1, 0.15) is 49.7 Å². The van der Waals surface area contributed by atoms with Crippen molar-refractivity contribution in [1.29, 1.82) is 0 Å². The summed E-state index contributed by atoms with van der Waals surface area (Å²) in [6.45, 7) is 4.34. The second kappa shape index (κ2) is 9.30. The molecule has 1 unspecified atom stereocenters. The van der Waals surface area contributed by atoms with E-state index in [-0.39, 0.29) is 17.8 Å². The molecule has 0 bridgehead atoms. The van der Waals surface area contributed by atoms with E-state index in [1.807, 2.05) is 12.1 Å². The zero-order valence-electron chi connectivity index (χ0n) is 16.8. The first-order chi connectivity index (χ1) is 14.2. The van der Waals surface area contributed by atoms with Crippen molar-refractivity contribution in [2.75, 3.05) is 26.2 Å². The van der Waals surface area contributed by atoms with Gasteiger partial charge >= 0.3 is 11.7 Å². The maximum absolute atomic E-state index is 12.3. The van der Waals surface area contributed by atoms with Crippen molar-refractivity contribution in [2.24, 2.45) is 0 Å². The first kappa shape index (κ1) is 19.8. The molecule has 2 N–H and O–H groups in total. The number of furan rings is 1. The number of aryl methyl sites for hydroxylation is 2. The van der Waals surface area contributed by atoms with Crippen LogP contribution in [0.2, 0.25) is 0 Å². The molecule has 2 aliphatic rings. The molecule has 9 heteroatoms. The van der Waals surface area contributed by atoms with Crippen LogP contribution in [0.4, 0.5) is 4.79 Å². The second-order valence-electron chi connectivity index (χ2n) is 7.80. The van der Waals surface area contributed by atoms with E-state index in [2.05, 4.69) is 20.6 Å². The Hall–Kier alpha value is -2.55. The van der Waals surface area contributed by atoms with Crippen LogP contribution in [-0.2, 0) is 19.5 Å². The Morgan fingerprint density at radius 1 is 1.17 bits per heavy atom. The van der Waals surface area contributed by atoms with E-state index in [4.69, 9.17) is 4.42 Å². The molecule has 1 atom stereocenters. The average Bonchev–Trinajstić information content (AvgIpc) is 3.49. The topological polar surface area (TPSA) is 97.3 Å². The molecule has 2 aromatic heterocycles. The molecule has 4 heterocycles. The van der Waals surface area contributed by atoms with E-state index in [1.165, 1.54) is 17.5 Å². The molecule has 0 spiro atoms. The molecule has 1 fully saturated rings. The summed E-state index contributed by atoms with van der Waals surface area (Å²) in [5.41, 5.74) is -0.0314. The first-order valence-corrected chi connectivity index (χ1v) is 10.7. The van der Waals surface area contributed by atoms with Gasteiger partial charge in [0, 0.05) is 32.6 Å². The Labute approximate surface area is 170 Å². The van der Waals surface area contributed by atoms with E-state index >= 15 is 0 Å². The summed E-state index contributed by atoms with van der Waals surface area (Å²) in [4.78, 5) is 26.9. The third-order valence-electron chi connectivity index (χ3n) is 5.77. The minimum Gasteiger partial charge on any atom is -0.468 e. The normalized spacial score (nSPS) is 17.8. The number of carbonyl (C=O) groups excluding carboxylic acids is 1. The maximum Gasteiger partial charge on any atom is 0.345 e. The Morgan fingerprint density at radius 2 is 2.00 bits per heavy atom. The van der Waals surface area contributed by atoms with Crippen molar-refractivity contribution in [3.05, 3.63) is 40.5 Å². The summed E-state index contributed by atoms with van der Waals surface area (Å²) in [5.74, 6) is 1.77. The average molecular weight is 402 g/mol. The van der Waals surface area contributed by atoms with Crippen LogP contribution >= 0.6 is 0 Å². The molecule has 1 saturated heterocycles. The summed E-state index contributed by atoms with van der Waals surface area (Å²) in [6.07, 6.45) is 7.70. The monoisotopic (exact) mass is 402 g/mol. The molecule has 158 valence electrons. The van der Waals surface area contributed by atoms with E-state index < -0.39 is 0 Å². The largest absolute Gasteiger partial charge is 0.468 e. The Balaban J connectivity index is 1.21. The number of fused-ring (bicyclic) bond motifs is 1. The van der Waals surface area contributed by atoms with Gasteiger partial charge in [-0.1, -0.05) is 0 Å². The molecule has 9 nitrogen and oxygen atoms in total. The van der Waals surface area contributed by atoms with Crippen LogP contribution in [0, 0.1) is 0 Å². The zero-order chi connectivity index (χ0) is 20.1. The van der Waals surface area contributed by atoms with Crippen molar-refractivity contribution in [2.45, 2.75) is 57.7 Å². The summed E-state index contributed by atoms with van der Waals surface area (Å²) in [6, 6.07) is 3.71. The van der Waals surface area contributed by atoms with Gasteiger partial charge in [-0.2, -0.15) is 5.10 Å². The van der Waals surface area contributed by atoms with Gasteiger partial charge in [0.15, 0.2) is 0 Å². The number of likely N-dealkylation sites (tertiary alicyclic amines) is 1. The number of rotatable bonds is 8. The summed E-state index contributed by atoms with van der Waals surface area (Å²) in [5, 5.41) is 10.3. The molecule has 2 amide bonds. The predicted octanol–water partition coefficient (Wildman–Crippen LogP) is 1.50. The highest BCUT2D eigenvalue weighted by Crippen LogP contribution is 2.24. The molecule has 0 radical (unpaired) electrons. The number of nitrogens with zero attached hydrogens (tertiary/aromatic N) is 4. The lowest BCUT2D eigenvalue weighted by Gasteiger charge is -2.26. The van der Waals surface area contributed by atoms with Crippen molar-refractivity contribution in [3.63, 3.8) is 0 Å². The van der Waals surface area contributed by atoms with Crippen LogP contribution in [0.5, 0.6) is 0 Å². The zero-order valence-corrected chi connectivity index (χ0v) is 16.8. The van der Waals surface area contributed by atoms with Crippen molar-refractivity contribution >= 4 is 6.03 Å². The molecular formula is C20H30N6O3. The molecular weight excluding hydrogens is 372 g/mol. The van der Waals surface area contributed by atoms with Crippen molar-refractivity contribution < 1.29 is 9.21 Å². The maximum atomic E-state index is 12.3. The SMILES string of the molecule is O=C(NCCCn1nc2n(c1=O)CCCC2)NCC(c1ccco1)N1CCCC1. The van der Waals surface area contributed by atoms with Gasteiger partial charge in [0.1, 0.15) is 11.6 Å². The minimum atomic E-state index is -0.197. The fraction of sp³-hybridized carbons (Fsp3) is 0.650. The second-order valence-corrected chi connectivity index (χ2v) is 7.80. The number of hydrogen-bond donors (Lipinski definition) is 2. The minimum absolute atomic E-state index is 0.0314. The van der Waals surface area contributed by atoms with Gasteiger partial charge in [-0.3, -0.25) is 9.47 Å². The lowest BCUT2D eigenvalue weighted by atomic mass is 10.2. The van der Waals surface area contributed by atoms with Crippen LogP contribution in [0.3, 0.4) is 0 Å². The lowest BCUT2D eigenvalue weighted by Crippen LogP contribution is -2.42. The van der Waals surface area contributed by atoms with Crippen molar-refractivity contribution in [1.82, 2.24) is 29.9 Å². The lowest BCUT2D eigenvalue weighted by molar-refractivity contribution is 0.203. The molecule has 29 heavy (non-hydrogen) atoms. The van der Waals surface area contributed by atoms with E-state index in [1.54, 1.807) is 10.8 Å². The third kappa shape index (κ3) is 4.72. The number of aromatic nitrogens is 3. The van der Waals surface area contributed by atoms with Crippen LogP contribution < -0.4 is 16.3 Å². The van der Waals surface area contributed by atoms with E-state index in [0.29, 0.717) is 26.1 Å². The summed E-state index contributed by atoms with van der Waals surface area (Å²) < 4.78 is 8.88. The molecule has 0 saturated carbocycles. The Bertz CT molecular complexity index is 850. The summed E-state index contributed by atoms with van der Waals surface area (Å²) >= 11 is 0. The fourth-order valence-corrected chi connectivity index (χ4v) is 4.22.